The summed E-state index contributed by atoms with van der Waals surface area (Å²) in [7, 11) is -4.33. The van der Waals surface area contributed by atoms with Crippen LogP contribution in [0.5, 0.6) is 0 Å². The number of quaternary nitrogens is 1. The van der Waals surface area contributed by atoms with Gasteiger partial charge in [-0.1, -0.05) is 0 Å². The molecule has 0 saturated carbocycles. The Bertz CT molecular complexity index is 226. The van der Waals surface area contributed by atoms with Gasteiger partial charge in [-0.05, 0) is 11.2 Å². The van der Waals surface area contributed by atoms with Gasteiger partial charge in [-0.3, -0.25) is 4.21 Å². The van der Waals surface area contributed by atoms with Crippen LogP contribution in [0, 0.1) is 0 Å². The van der Waals surface area contributed by atoms with E-state index in [4.69, 9.17) is 27.6 Å². The van der Waals surface area contributed by atoms with Gasteiger partial charge in [0.25, 0.3) is 0 Å². The summed E-state index contributed by atoms with van der Waals surface area (Å²) in [6.07, 6.45) is 0. The van der Waals surface area contributed by atoms with E-state index in [-0.39, 0.29) is 133 Å². The summed E-state index contributed by atoms with van der Waals surface area (Å²) in [5.41, 5.74) is 0. The first-order valence-electron chi connectivity index (χ1n) is 1.37. The first-order chi connectivity index (χ1) is 4.00. The van der Waals surface area contributed by atoms with Crippen molar-refractivity contribution in [2.45, 2.75) is 0 Å². The van der Waals surface area contributed by atoms with Crippen molar-refractivity contribution in [2.24, 2.45) is 0 Å². The predicted molar refractivity (Wildman–Crippen MR) is 28.9 cm³/mol. The summed E-state index contributed by atoms with van der Waals surface area (Å²) in [4.78, 5) is 0. The normalized spacial score (nSPS) is 8.29. The maximum absolute atomic E-state index is 8.89. The summed E-state index contributed by atoms with van der Waals surface area (Å²) >= 11 is -2.28. The van der Waals surface area contributed by atoms with Gasteiger partial charge < -0.3 is 39.2 Å². The van der Waals surface area contributed by atoms with Gasteiger partial charge in [-0.25, -0.2) is 0 Å². The molecule has 0 aromatic heterocycles. The molecule has 14 heteroatoms. The Morgan fingerprint density at radius 1 is 1.14 bits per heavy atom. The predicted octanol–water partition coefficient (Wildman–Crippen LogP) is -11.0. The van der Waals surface area contributed by atoms with Crippen molar-refractivity contribution >= 4 is 20.2 Å². The average Bonchev–Trinajstić information content (AvgIpc) is 1.12. The van der Waals surface area contributed by atoms with E-state index in [1.807, 2.05) is 0 Å². The second-order valence-electron chi connectivity index (χ2n) is 0.856. The molecule has 0 saturated heterocycles. The first-order valence-corrected chi connectivity index (χ1v) is 7.13. The van der Waals surface area contributed by atoms with Gasteiger partial charge in [0.1, 0.15) is 0 Å². The molecule has 6 N–H and O–H groups in total. The molecule has 0 atom stereocenters. The molecule has 80 valence electrons. The van der Waals surface area contributed by atoms with Crippen molar-refractivity contribution < 1.29 is 171 Å². The SMILES string of the molecule is O=S([O-])([O-])=S.[I-].[K+].[K+].[NH4+].[O]=[Mo](=[O])([OH])[OH]. The Morgan fingerprint density at radius 3 is 1.14 bits per heavy atom. The monoisotopic (exact) mass is 499 g/mol. The van der Waals surface area contributed by atoms with Gasteiger partial charge in [0.15, 0.2) is 0 Å². The van der Waals surface area contributed by atoms with E-state index in [1.165, 1.54) is 0 Å². The van der Waals surface area contributed by atoms with E-state index < -0.39 is 25.8 Å². The molecule has 8 nitrogen and oxygen atoms in total. The topological polar surface area (TPSA) is 174 Å². The van der Waals surface area contributed by atoms with Crippen LogP contribution in [0.2, 0.25) is 0 Å². The molecule has 14 heavy (non-hydrogen) atoms. The molecule has 0 fully saturated rings. The fourth-order valence-electron chi connectivity index (χ4n) is 0. The number of halogens is 1. The third kappa shape index (κ3) is 198. The van der Waals surface area contributed by atoms with Crippen LogP contribution in [0.4, 0.5) is 0 Å². The van der Waals surface area contributed by atoms with Crippen LogP contribution in [0.3, 0.4) is 0 Å². The molecular weight excluding hydrogens is 491 g/mol. The van der Waals surface area contributed by atoms with Gasteiger partial charge in [-0.15, -0.1) is 9.05 Å². The van der Waals surface area contributed by atoms with Crippen molar-refractivity contribution in [1.29, 1.82) is 0 Å². The van der Waals surface area contributed by atoms with Crippen LogP contribution in [0.1, 0.15) is 0 Å². The van der Waals surface area contributed by atoms with Gasteiger partial charge in [0.2, 0.25) is 0 Å². The summed E-state index contributed by atoms with van der Waals surface area (Å²) in [6.45, 7) is 0. The van der Waals surface area contributed by atoms with E-state index >= 15 is 0 Å². The zero-order valence-corrected chi connectivity index (χ0v) is 19.6. The Kier molecular flexibility index (Phi) is 45.2. The van der Waals surface area contributed by atoms with Crippen molar-refractivity contribution in [3.05, 3.63) is 0 Å². The number of hydrogen-bond donors (Lipinski definition) is 3. The van der Waals surface area contributed by atoms with Crippen LogP contribution >= 0.6 is 0 Å². The Hall–Kier alpha value is 4.46. The minimum absolute atomic E-state index is 0. The summed E-state index contributed by atoms with van der Waals surface area (Å²) in [6, 6.07) is 0. The Morgan fingerprint density at radius 2 is 1.14 bits per heavy atom. The molecule has 0 radical (unpaired) electrons. The average molecular weight is 497 g/mol. The fraction of sp³-hybridized carbons (Fsp3) is 0. The van der Waals surface area contributed by atoms with E-state index in [2.05, 4.69) is 11.2 Å². The van der Waals surface area contributed by atoms with Crippen LogP contribution < -0.4 is 133 Å². The first kappa shape index (κ1) is 36.2. The summed E-state index contributed by atoms with van der Waals surface area (Å²) in [5.74, 6) is 0. The zero-order chi connectivity index (χ0) is 9.00. The Balaban J connectivity index is -0.0000000178. The second kappa shape index (κ2) is 17.5. The number of hydrogen-bond acceptors (Lipinski definition) is 6. The van der Waals surface area contributed by atoms with Crippen LogP contribution in [-0.4, -0.2) is 20.8 Å². The quantitative estimate of drug-likeness (QED) is 0.219. The van der Waals surface area contributed by atoms with Crippen LogP contribution in [0.25, 0.3) is 0 Å². The minimum atomic E-state index is -5.52. The van der Waals surface area contributed by atoms with Crippen molar-refractivity contribution in [1.82, 2.24) is 6.15 Å². The fourth-order valence-corrected chi connectivity index (χ4v) is 0. The van der Waals surface area contributed by atoms with Crippen LogP contribution in [0.15, 0.2) is 0 Å². The van der Waals surface area contributed by atoms with Gasteiger partial charge >= 0.3 is 134 Å². The third-order valence-electron chi connectivity index (χ3n) is 0. The van der Waals surface area contributed by atoms with E-state index in [0.29, 0.717) is 0 Å². The molecule has 0 spiro atoms. The second-order valence-corrected chi connectivity index (χ2v) is 5.10. The molecule has 0 bridgehead atoms. The van der Waals surface area contributed by atoms with Crippen molar-refractivity contribution in [2.75, 3.05) is 0 Å². The zero-order valence-electron chi connectivity index (χ0n) is 7.54. The van der Waals surface area contributed by atoms with Crippen molar-refractivity contribution in [3.63, 3.8) is 0 Å². The van der Waals surface area contributed by atoms with Crippen LogP contribution in [-0.2, 0) is 43.8 Å². The van der Waals surface area contributed by atoms with Gasteiger partial charge in [0, 0.05) is 0 Å². The molecule has 0 aromatic rings. The van der Waals surface area contributed by atoms with Crippen molar-refractivity contribution in [3.8, 4) is 0 Å². The molecule has 0 aliphatic heterocycles. The van der Waals surface area contributed by atoms with E-state index in [1.54, 1.807) is 0 Å². The molecule has 0 rings (SSSR count). The maximum atomic E-state index is 8.89. The molecule has 0 unspecified atom stereocenters. The molecule has 0 aromatic carbocycles. The molecule has 0 aliphatic rings. The third-order valence-corrected chi connectivity index (χ3v) is 0. The molecule has 0 aliphatic carbocycles. The number of rotatable bonds is 0. The van der Waals surface area contributed by atoms with Gasteiger partial charge in [0.05, 0.1) is 0 Å². The molecular formula is H6IK2MoNO7S2. The summed E-state index contributed by atoms with van der Waals surface area (Å²) < 4.78 is 58.7. The standard InChI is InChI=1S/HI.2K.Mo.H3N.H2O3S2.2H2O.2O/c;;;;;1-5(2,3)4;;;;/h1H;;;;1H3;(H2,1,2,3,4);2*1H2;;/q;2*+1;+2;;;;;;/p-4. The van der Waals surface area contributed by atoms with E-state index in [9.17, 15) is 0 Å². The molecule has 0 amide bonds. The van der Waals surface area contributed by atoms with Gasteiger partial charge in [-0.2, -0.15) is 0 Å². The van der Waals surface area contributed by atoms with E-state index in [0.717, 1.165) is 0 Å². The Labute approximate surface area is 192 Å². The summed E-state index contributed by atoms with van der Waals surface area (Å²) in [5, 5.41) is 0. The molecule has 0 heterocycles.